The Morgan fingerprint density at radius 2 is 1.03 bits per heavy atom. The highest BCUT2D eigenvalue weighted by Gasteiger charge is 2.14. The molecule has 0 atom stereocenters. The Morgan fingerprint density at radius 1 is 0.676 bits per heavy atom. The van der Waals surface area contributed by atoms with Crippen LogP contribution < -0.4 is 10.6 Å². The minimum absolute atomic E-state index is 0.00226. The van der Waals surface area contributed by atoms with Crippen molar-refractivity contribution in [3.8, 4) is 0 Å². The molecule has 2 aromatic carbocycles. The van der Waals surface area contributed by atoms with Crippen molar-refractivity contribution >= 4 is 23.2 Å². The molecular formula is C24H30N4O6. The minimum atomic E-state index is -0.467. The predicted octanol–water partition coefficient (Wildman–Crippen LogP) is 4.62. The second kappa shape index (κ2) is 13.0. The topological polar surface area (TPSA) is 144 Å². The summed E-state index contributed by atoms with van der Waals surface area (Å²) in [7, 11) is 0. The van der Waals surface area contributed by atoms with Crippen molar-refractivity contribution in [2.75, 3.05) is 13.1 Å². The van der Waals surface area contributed by atoms with E-state index in [9.17, 15) is 29.8 Å². The van der Waals surface area contributed by atoms with E-state index in [1.54, 1.807) is 13.8 Å². The number of hydrogen-bond donors (Lipinski definition) is 2. The summed E-state index contributed by atoms with van der Waals surface area (Å²) in [6.45, 7) is 4.30. The lowest BCUT2D eigenvalue weighted by Crippen LogP contribution is -2.24. The van der Waals surface area contributed by atoms with E-state index in [2.05, 4.69) is 10.6 Å². The van der Waals surface area contributed by atoms with Crippen LogP contribution in [0.4, 0.5) is 11.4 Å². The number of nitrogens with one attached hydrogen (secondary N) is 2. The second-order valence-corrected chi connectivity index (χ2v) is 8.15. The standard InChI is InChI=1S/C24H30N4O6/c1-17-15-19(9-11-21(17)27(31)32)23(29)25-13-7-5-3-4-6-8-14-26-24(30)20-10-12-22(28(33)34)18(2)16-20/h9-12,15-16H,3-8,13-14H2,1-2H3,(H,25,29)(H,26,30). The molecule has 2 rings (SSSR count). The van der Waals surface area contributed by atoms with Gasteiger partial charge in [-0.25, -0.2) is 0 Å². The number of carbonyl (C=O) groups excluding carboxylic acids is 2. The maximum Gasteiger partial charge on any atom is 0.272 e. The monoisotopic (exact) mass is 470 g/mol. The Bertz CT molecular complexity index is 970. The maximum absolute atomic E-state index is 12.2. The van der Waals surface area contributed by atoms with Crippen LogP contribution in [0.3, 0.4) is 0 Å². The average molecular weight is 471 g/mol. The lowest BCUT2D eigenvalue weighted by Gasteiger charge is -2.07. The number of nitrogens with zero attached hydrogens (tertiary/aromatic N) is 2. The van der Waals surface area contributed by atoms with Gasteiger partial charge < -0.3 is 10.6 Å². The third kappa shape index (κ3) is 7.95. The molecule has 2 aromatic rings. The molecule has 0 heterocycles. The molecule has 0 bridgehead atoms. The van der Waals surface area contributed by atoms with Gasteiger partial charge in [-0.3, -0.25) is 29.8 Å². The van der Waals surface area contributed by atoms with Gasteiger partial charge in [-0.15, -0.1) is 0 Å². The van der Waals surface area contributed by atoms with Gasteiger partial charge in [-0.1, -0.05) is 25.7 Å². The van der Waals surface area contributed by atoms with Crippen molar-refractivity contribution in [1.29, 1.82) is 0 Å². The van der Waals surface area contributed by atoms with Crippen LogP contribution in [0.15, 0.2) is 36.4 Å². The summed E-state index contributed by atoms with van der Waals surface area (Å²) in [5.74, 6) is -0.478. The molecule has 182 valence electrons. The van der Waals surface area contributed by atoms with E-state index in [1.807, 2.05) is 0 Å². The predicted molar refractivity (Wildman–Crippen MR) is 128 cm³/mol. The zero-order valence-electron chi connectivity index (χ0n) is 19.5. The molecule has 0 saturated heterocycles. The van der Waals surface area contributed by atoms with Crippen molar-refractivity contribution in [1.82, 2.24) is 10.6 Å². The van der Waals surface area contributed by atoms with Crippen LogP contribution in [-0.2, 0) is 0 Å². The Morgan fingerprint density at radius 3 is 1.35 bits per heavy atom. The lowest BCUT2D eigenvalue weighted by atomic mass is 10.1. The van der Waals surface area contributed by atoms with Gasteiger partial charge in [0, 0.05) is 47.5 Å². The molecule has 0 aliphatic rings. The van der Waals surface area contributed by atoms with Crippen LogP contribution in [-0.4, -0.2) is 34.8 Å². The Hall–Kier alpha value is -3.82. The molecule has 2 amide bonds. The molecule has 0 aromatic heterocycles. The Labute approximate surface area is 198 Å². The molecular weight excluding hydrogens is 440 g/mol. The van der Waals surface area contributed by atoms with Gasteiger partial charge in [-0.2, -0.15) is 0 Å². The number of rotatable bonds is 13. The molecule has 0 saturated carbocycles. The van der Waals surface area contributed by atoms with E-state index >= 15 is 0 Å². The first kappa shape index (κ1) is 26.4. The Kier molecular flexibility index (Phi) is 10.1. The summed E-state index contributed by atoms with van der Waals surface area (Å²) in [6.07, 6.45) is 5.65. The molecule has 0 fully saturated rings. The largest absolute Gasteiger partial charge is 0.352 e. The van der Waals surface area contributed by atoms with E-state index in [0.29, 0.717) is 35.3 Å². The van der Waals surface area contributed by atoms with Crippen molar-refractivity contribution in [3.63, 3.8) is 0 Å². The quantitative estimate of drug-likeness (QED) is 0.248. The van der Waals surface area contributed by atoms with Crippen LogP contribution in [0.5, 0.6) is 0 Å². The first-order chi connectivity index (χ1) is 16.2. The van der Waals surface area contributed by atoms with Gasteiger partial charge in [0.2, 0.25) is 0 Å². The number of unbranched alkanes of at least 4 members (excludes halogenated alkanes) is 5. The number of aryl methyl sites for hydroxylation is 2. The van der Waals surface area contributed by atoms with Crippen LogP contribution in [0.25, 0.3) is 0 Å². The van der Waals surface area contributed by atoms with Crippen molar-refractivity contribution in [3.05, 3.63) is 78.9 Å². The van der Waals surface area contributed by atoms with E-state index in [4.69, 9.17) is 0 Å². The zero-order valence-corrected chi connectivity index (χ0v) is 19.5. The maximum atomic E-state index is 12.2. The van der Waals surface area contributed by atoms with E-state index in [-0.39, 0.29) is 23.2 Å². The third-order valence-electron chi connectivity index (χ3n) is 5.49. The van der Waals surface area contributed by atoms with Crippen LogP contribution in [0.1, 0.15) is 70.4 Å². The molecule has 0 radical (unpaired) electrons. The second-order valence-electron chi connectivity index (χ2n) is 8.15. The summed E-state index contributed by atoms with van der Waals surface area (Å²) in [5.41, 5.74) is 1.73. The minimum Gasteiger partial charge on any atom is -0.352 e. The number of carbonyl (C=O) groups is 2. The summed E-state index contributed by atoms with van der Waals surface area (Å²) in [4.78, 5) is 45.1. The van der Waals surface area contributed by atoms with Gasteiger partial charge >= 0.3 is 0 Å². The number of nitro benzene ring substituents is 2. The van der Waals surface area contributed by atoms with Gasteiger partial charge in [0.1, 0.15) is 0 Å². The summed E-state index contributed by atoms with van der Waals surface area (Å²) in [5, 5.41) is 27.4. The number of hydrogen-bond acceptors (Lipinski definition) is 6. The SMILES string of the molecule is Cc1cc(C(=O)NCCCCCCCCNC(=O)c2ccc([N+](=O)[O-])c(C)c2)ccc1[N+](=O)[O-]. The van der Waals surface area contributed by atoms with Gasteiger partial charge in [-0.05, 0) is 51.0 Å². The normalized spacial score (nSPS) is 10.5. The fraction of sp³-hybridized carbons (Fsp3) is 0.417. The lowest BCUT2D eigenvalue weighted by molar-refractivity contribution is -0.385. The fourth-order valence-electron chi connectivity index (χ4n) is 3.57. The molecule has 0 aliphatic heterocycles. The highest BCUT2D eigenvalue weighted by Crippen LogP contribution is 2.19. The summed E-state index contributed by atoms with van der Waals surface area (Å²) in [6, 6.07) is 8.66. The molecule has 0 aliphatic carbocycles. The first-order valence-corrected chi connectivity index (χ1v) is 11.3. The first-order valence-electron chi connectivity index (χ1n) is 11.3. The summed E-state index contributed by atoms with van der Waals surface area (Å²) < 4.78 is 0. The van der Waals surface area contributed by atoms with Crippen molar-refractivity contribution in [2.45, 2.75) is 52.4 Å². The number of amides is 2. The number of nitro groups is 2. The van der Waals surface area contributed by atoms with Gasteiger partial charge in [0.15, 0.2) is 0 Å². The molecule has 0 unspecified atom stereocenters. The molecule has 2 N–H and O–H groups in total. The molecule has 0 spiro atoms. The smallest absolute Gasteiger partial charge is 0.272 e. The van der Waals surface area contributed by atoms with Crippen LogP contribution >= 0.6 is 0 Å². The van der Waals surface area contributed by atoms with Gasteiger partial charge in [0.05, 0.1) is 9.85 Å². The van der Waals surface area contributed by atoms with E-state index < -0.39 is 9.85 Å². The van der Waals surface area contributed by atoms with E-state index in [0.717, 1.165) is 38.5 Å². The van der Waals surface area contributed by atoms with Gasteiger partial charge in [0.25, 0.3) is 23.2 Å². The fourth-order valence-corrected chi connectivity index (χ4v) is 3.57. The van der Waals surface area contributed by atoms with Crippen LogP contribution in [0.2, 0.25) is 0 Å². The Balaban J connectivity index is 1.54. The average Bonchev–Trinajstić information content (AvgIpc) is 2.79. The highest BCUT2D eigenvalue weighted by atomic mass is 16.6. The molecule has 10 nitrogen and oxygen atoms in total. The third-order valence-corrected chi connectivity index (χ3v) is 5.49. The molecule has 10 heteroatoms. The van der Waals surface area contributed by atoms with Crippen molar-refractivity contribution < 1.29 is 19.4 Å². The summed E-state index contributed by atoms with van der Waals surface area (Å²) >= 11 is 0. The van der Waals surface area contributed by atoms with Crippen molar-refractivity contribution in [2.24, 2.45) is 0 Å². The zero-order chi connectivity index (χ0) is 25.1. The highest BCUT2D eigenvalue weighted by molar-refractivity contribution is 5.95. The molecule has 34 heavy (non-hydrogen) atoms. The van der Waals surface area contributed by atoms with E-state index in [1.165, 1.54) is 36.4 Å². The van der Waals surface area contributed by atoms with Crippen LogP contribution in [0, 0.1) is 34.1 Å². The number of benzene rings is 2.